The zero-order chi connectivity index (χ0) is 12.3. The van der Waals surface area contributed by atoms with Crippen LogP contribution in [0.15, 0.2) is 12.1 Å². The highest BCUT2D eigenvalue weighted by Crippen LogP contribution is 2.16. The van der Waals surface area contributed by atoms with Crippen LogP contribution in [0.5, 0.6) is 0 Å². The molecule has 0 atom stereocenters. The van der Waals surface area contributed by atoms with Crippen LogP contribution in [0, 0.1) is 17.5 Å². The molecule has 1 rings (SSSR count). The van der Waals surface area contributed by atoms with Gasteiger partial charge >= 0.3 is 0 Å². The topological polar surface area (TPSA) is 20.3 Å². The lowest BCUT2D eigenvalue weighted by Crippen LogP contribution is -2.29. The number of benzene rings is 1. The average Bonchev–Trinajstić information content (AvgIpc) is 2.26. The Bertz CT molecular complexity index is 411. The quantitative estimate of drug-likeness (QED) is 0.620. The van der Waals surface area contributed by atoms with E-state index in [-0.39, 0.29) is 0 Å². The van der Waals surface area contributed by atoms with Crippen molar-refractivity contribution >= 4 is 21.8 Å². The number of amides is 1. The maximum atomic E-state index is 13.2. The van der Waals surface area contributed by atoms with Crippen molar-refractivity contribution in [3.63, 3.8) is 0 Å². The molecule has 0 unspecified atom stereocenters. The summed E-state index contributed by atoms with van der Waals surface area (Å²) in [5, 5.41) is 0.514. The first-order valence-corrected chi connectivity index (χ1v) is 5.56. The first kappa shape index (κ1) is 13.0. The number of halogens is 4. The average molecular weight is 296 g/mol. The van der Waals surface area contributed by atoms with Gasteiger partial charge in [0, 0.05) is 18.9 Å². The lowest BCUT2D eigenvalue weighted by atomic mass is 10.1. The minimum absolute atomic E-state index is 0.345. The summed E-state index contributed by atoms with van der Waals surface area (Å²) in [5.74, 6) is -5.07. The molecule has 0 aliphatic carbocycles. The normalized spacial score (nSPS) is 10.3. The molecule has 88 valence electrons. The Kier molecular flexibility index (Phi) is 4.35. The number of nitrogens with zero attached hydrogens (tertiary/aromatic N) is 1. The van der Waals surface area contributed by atoms with Crippen LogP contribution in [0.1, 0.15) is 10.4 Å². The minimum atomic E-state index is -1.63. The third kappa shape index (κ3) is 2.55. The Labute approximate surface area is 99.2 Å². The molecule has 0 aliphatic heterocycles. The maximum Gasteiger partial charge on any atom is 0.256 e. The van der Waals surface area contributed by atoms with Crippen molar-refractivity contribution in [3.8, 4) is 0 Å². The van der Waals surface area contributed by atoms with Crippen LogP contribution in [0.2, 0.25) is 0 Å². The van der Waals surface area contributed by atoms with Gasteiger partial charge in [0.1, 0.15) is 0 Å². The Morgan fingerprint density at radius 2 is 1.94 bits per heavy atom. The van der Waals surface area contributed by atoms with Crippen molar-refractivity contribution in [2.45, 2.75) is 0 Å². The zero-order valence-electron chi connectivity index (χ0n) is 8.44. The van der Waals surface area contributed by atoms with E-state index in [0.29, 0.717) is 11.9 Å². The summed E-state index contributed by atoms with van der Waals surface area (Å²) >= 11 is 3.11. The lowest BCUT2D eigenvalue weighted by molar-refractivity contribution is 0.0798. The second kappa shape index (κ2) is 5.34. The number of carbonyl (C=O) groups is 1. The van der Waals surface area contributed by atoms with E-state index in [4.69, 9.17) is 0 Å². The predicted octanol–water partition coefficient (Wildman–Crippen LogP) is 2.57. The summed E-state index contributed by atoms with van der Waals surface area (Å²) in [4.78, 5) is 12.8. The van der Waals surface area contributed by atoms with E-state index in [1.807, 2.05) is 0 Å². The Hall–Kier alpha value is -1.04. The third-order valence-electron chi connectivity index (χ3n) is 2.03. The highest BCUT2D eigenvalue weighted by molar-refractivity contribution is 9.09. The molecule has 16 heavy (non-hydrogen) atoms. The molecule has 6 heteroatoms. The second-order valence-electron chi connectivity index (χ2n) is 3.14. The minimum Gasteiger partial charge on any atom is -0.341 e. The van der Waals surface area contributed by atoms with Crippen LogP contribution < -0.4 is 0 Å². The standard InChI is InChI=1S/C10H9BrF3NO/c1-15(5-4-11)10(16)6-2-3-7(12)9(14)8(6)13/h2-3H,4-5H2,1H3. The number of carbonyl (C=O) groups excluding carboxylic acids is 1. The van der Waals surface area contributed by atoms with Crippen LogP contribution in [0.25, 0.3) is 0 Å². The Morgan fingerprint density at radius 1 is 1.31 bits per heavy atom. The summed E-state index contributed by atoms with van der Waals surface area (Å²) in [5.41, 5.74) is -0.470. The van der Waals surface area contributed by atoms with Gasteiger partial charge in [-0.05, 0) is 12.1 Å². The number of hydrogen-bond donors (Lipinski definition) is 0. The smallest absolute Gasteiger partial charge is 0.256 e. The molecule has 1 aromatic rings. The van der Waals surface area contributed by atoms with Crippen molar-refractivity contribution in [2.24, 2.45) is 0 Å². The van der Waals surface area contributed by atoms with Gasteiger partial charge in [-0.3, -0.25) is 4.79 Å². The monoisotopic (exact) mass is 295 g/mol. The van der Waals surface area contributed by atoms with Crippen molar-refractivity contribution < 1.29 is 18.0 Å². The molecule has 0 aliphatic rings. The Balaban J connectivity index is 3.05. The molecule has 0 saturated heterocycles. The third-order valence-corrected chi connectivity index (χ3v) is 2.39. The maximum absolute atomic E-state index is 13.2. The fraction of sp³-hybridized carbons (Fsp3) is 0.300. The van der Waals surface area contributed by atoms with Gasteiger partial charge in [-0.25, -0.2) is 13.2 Å². The van der Waals surface area contributed by atoms with E-state index in [1.54, 1.807) is 0 Å². The van der Waals surface area contributed by atoms with Crippen molar-refractivity contribution in [3.05, 3.63) is 35.1 Å². The molecule has 0 aromatic heterocycles. The van der Waals surface area contributed by atoms with E-state index in [2.05, 4.69) is 15.9 Å². The first-order chi connectivity index (χ1) is 7.49. The molecule has 0 heterocycles. The van der Waals surface area contributed by atoms with Gasteiger partial charge in [0.25, 0.3) is 5.91 Å². The Morgan fingerprint density at radius 3 is 2.50 bits per heavy atom. The number of alkyl halides is 1. The summed E-state index contributed by atoms with van der Waals surface area (Å²) in [7, 11) is 1.45. The molecule has 1 amide bonds. The fourth-order valence-electron chi connectivity index (χ4n) is 1.13. The van der Waals surface area contributed by atoms with E-state index >= 15 is 0 Å². The molecule has 0 fully saturated rings. The molecule has 0 bridgehead atoms. The van der Waals surface area contributed by atoms with Gasteiger partial charge in [0.15, 0.2) is 17.5 Å². The van der Waals surface area contributed by atoms with Crippen LogP contribution in [-0.2, 0) is 0 Å². The SMILES string of the molecule is CN(CCBr)C(=O)c1ccc(F)c(F)c1F. The summed E-state index contributed by atoms with van der Waals surface area (Å²) < 4.78 is 38.7. The molecule has 0 radical (unpaired) electrons. The van der Waals surface area contributed by atoms with E-state index < -0.39 is 28.9 Å². The number of rotatable bonds is 3. The van der Waals surface area contributed by atoms with Crippen molar-refractivity contribution in [1.82, 2.24) is 4.90 Å². The van der Waals surface area contributed by atoms with Crippen molar-refractivity contribution in [2.75, 3.05) is 18.9 Å². The van der Waals surface area contributed by atoms with Gasteiger partial charge < -0.3 is 4.90 Å². The molecular formula is C10H9BrF3NO. The summed E-state index contributed by atoms with van der Waals surface area (Å²) in [6.07, 6.45) is 0. The van der Waals surface area contributed by atoms with E-state index in [0.717, 1.165) is 12.1 Å². The van der Waals surface area contributed by atoms with Gasteiger partial charge in [0.2, 0.25) is 0 Å². The molecular weight excluding hydrogens is 287 g/mol. The summed E-state index contributed by atoms with van der Waals surface area (Å²) in [6, 6.07) is 1.66. The number of hydrogen-bond acceptors (Lipinski definition) is 1. The van der Waals surface area contributed by atoms with Crippen LogP contribution in [0.4, 0.5) is 13.2 Å². The highest BCUT2D eigenvalue weighted by atomic mass is 79.9. The van der Waals surface area contributed by atoms with E-state index in [1.165, 1.54) is 11.9 Å². The predicted molar refractivity (Wildman–Crippen MR) is 57.1 cm³/mol. The van der Waals surface area contributed by atoms with Crippen LogP contribution >= 0.6 is 15.9 Å². The lowest BCUT2D eigenvalue weighted by Gasteiger charge is -2.16. The molecule has 2 nitrogen and oxygen atoms in total. The largest absolute Gasteiger partial charge is 0.341 e. The first-order valence-electron chi connectivity index (χ1n) is 4.44. The fourth-order valence-corrected chi connectivity index (χ4v) is 1.66. The van der Waals surface area contributed by atoms with Crippen molar-refractivity contribution in [1.29, 1.82) is 0 Å². The zero-order valence-corrected chi connectivity index (χ0v) is 10.0. The molecule has 0 spiro atoms. The van der Waals surface area contributed by atoms with Gasteiger partial charge in [-0.1, -0.05) is 15.9 Å². The van der Waals surface area contributed by atoms with E-state index in [9.17, 15) is 18.0 Å². The summed E-state index contributed by atoms with van der Waals surface area (Å²) in [6.45, 7) is 0.345. The molecule has 1 aromatic carbocycles. The van der Waals surface area contributed by atoms with Gasteiger partial charge in [0.05, 0.1) is 5.56 Å². The molecule has 0 saturated carbocycles. The van der Waals surface area contributed by atoms with Gasteiger partial charge in [-0.2, -0.15) is 0 Å². The van der Waals surface area contributed by atoms with Crippen LogP contribution in [-0.4, -0.2) is 29.7 Å². The highest BCUT2D eigenvalue weighted by Gasteiger charge is 2.20. The van der Waals surface area contributed by atoms with Crippen LogP contribution in [0.3, 0.4) is 0 Å². The molecule has 0 N–H and O–H groups in total. The second-order valence-corrected chi connectivity index (χ2v) is 3.93. The van der Waals surface area contributed by atoms with Gasteiger partial charge in [-0.15, -0.1) is 0 Å².